The number of aromatic amines is 1. The molecule has 3 aromatic rings. The summed E-state index contributed by atoms with van der Waals surface area (Å²) >= 11 is 0. The first-order chi connectivity index (χ1) is 9.93. The molecule has 3 N–H and O–H groups in total. The fraction of sp³-hybridized carbons (Fsp3) is 0.0833. The molecule has 0 radical (unpaired) electrons. The molecule has 9 heteroatoms. The number of aromatic nitrogens is 4. The van der Waals surface area contributed by atoms with Gasteiger partial charge in [0.2, 0.25) is 5.95 Å². The molecule has 0 saturated carbocycles. The monoisotopic (exact) mass is 295 g/mol. The third-order valence-corrected chi connectivity index (χ3v) is 2.65. The van der Waals surface area contributed by atoms with Gasteiger partial charge in [-0.15, -0.1) is 0 Å². The number of nitrogen functional groups attached to an aromatic ring is 1. The zero-order chi connectivity index (χ0) is 15.0. The van der Waals surface area contributed by atoms with Gasteiger partial charge in [0.25, 0.3) is 5.88 Å². The number of hydrogen-bond donors (Lipinski definition) is 2. The quantitative estimate of drug-likeness (QED) is 0.758. The number of alkyl halides is 3. The number of nitrogens with one attached hydrogen (secondary N) is 1. The lowest BCUT2D eigenvalue weighted by Crippen LogP contribution is -2.05. The van der Waals surface area contributed by atoms with Gasteiger partial charge in [0.1, 0.15) is 11.3 Å². The predicted molar refractivity (Wildman–Crippen MR) is 67.6 cm³/mol. The molecule has 0 amide bonds. The minimum Gasteiger partial charge on any atom is -0.437 e. The number of benzene rings is 1. The zero-order valence-electron chi connectivity index (χ0n) is 10.3. The largest absolute Gasteiger partial charge is 0.437 e. The molecular formula is C12H8F3N5O. The summed E-state index contributed by atoms with van der Waals surface area (Å²) in [4.78, 5) is 14.3. The lowest BCUT2D eigenvalue weighted by Gasteiger charge is -2.09. The van der Waals surface area contributed by atoms with Gasteiger partial charge in [-0.1, -0.05) is 6.07 Å². The Morgan fingerprint density at radius 1 is 1.19 bits per heavy atom. The van der Waals surface area contributed by atoms with Crippen LogP contribution in [-0.2, 0) is 6.18 Å². The van der Waals surface area contributed by atoms with E-state index in [0.717, 1.165) is 12.1 Å². The van der Waals surface area contributed by atoms with Crippen molar-refractivity contribution in [2.45, 2.75) is 6.18 Å². The van der Waals surface area contributed by atoms with E-state index in [1.54, 1.807) is 0 Å². The van der Waals surface area contributed by atoms with E-state index in [1.807, 2.05) is 0 Å². The average Bonchev–Trinajstić information content (AvgIpc) is 2.86. The van der Waals surface area contributed by atoms with Crippen molar-refractivity contribution in [2.75, 3.05) is 5.73 Å². The molecule has 0 aliphatic carbocycles. The first-order valence-corrected chi connectivity index (χ1v) is 5.75. The van der Waals surface area contributed by atoms with Crippen LogP contribution in [-0.4, -0.2) is 19.9 Å². The molecular weight excluding hydrogens is 287 g/mol. The molecule has 1 aromatic carbocycles. The minimum absolute atomic E-state index is 0.00863. The average molecular weight is 295 g/mol. The van der Waals surface area contributed by atoms with E-state index in [2.05, 4.69) is 19.9 Å². The second kappa shape index (κ2) is 4.62. The standard InChI is InChI=1S/C12H8F3N5O/c13-12(14,15)6-2-1-3-7(4-6)21-10-8-9(18-5-17-8)19-11(16)20-10/h1-5H,(H3,16,17,18,19,20). The number of rotatable bonds is 2. The van der Waals surface area contributed by atoms with Gasteiger partial charge in [-0.05, 0) is 18.2 Å². The van der Waals surface area contributed by atoms with Gasteiger partial charge in [0.15, 0.2) is 5.65 Å². The summed E-state index contributed by atoms with van der Waals surface area (Å²) in [5.74, 6) is -0.0928. The molecule has 0 spiro atoms. The molecule has 2 heterocycles. The number of hydrogen-bond acceptors (Lipinski definition) is 5. The van der Waals surface area contributed by atoms with Crippen LogP contribution < -0.4 is 10.5 Å². The number of H-pyrrole nitrogens is 1. The maximum absolute atomic E-state index is 12.7. The number of anilines is 1. The van der Waals surface area contributed by atoms with Crippen LogP contribution >= 0.6 is 0 Å². The van der Waals surface area contributed by atoms with Gasteiger partial charge in [0, 0.05) is 0 Å². The summed E-state index contributed by atoms with van der Waals surface area (Å²) in [5, 5.41) is 0. The number of imidazole rings is 1. The van der Waals surface area contributed by atoms with E-state index in [9.17, 15) is 13.2 Å². The summed E-state index contributed by atoms with van der Waals surface area (Å²) in [6.45, 7) is 0. The van der Waals surface area contributed by atoms with Gasteiger partial charge < -0.3 is 15.5 Å². The third kappa shape index (κ3) is 2.57. The highest BCUT2D eigenvalue weighted by molar-refractivity contribution is 5.77. The Bertz CT molecular complexity index is 799. The van der Waals surface area contributed by atoms with E-state index in [4.69, 9.17) is 10.5 Å². The van der Waals surface area contributed by atoms with E-state index < -0.39 is 11.7 Å². The van der Waals surface area contributed by atoms with Gasteiger partial charge >= 0.3 is 6.18 Å². The summed E-state index contributed by atoms with van der Waals surface area (Å²) < 4.78 is 43.3. The Morgan fingerprint density at radius 2 is 2.00 bits per heavy atom. The Labute approximate surface area is 115 Å². The topological polar surface area (TPSA) is 89.7 Å². The van der Waals surface area contributed by atoms with Crippen LogP contribution in [0.1, 0.15) is 5.56 Å². The van der Waals surface area contributed by atoms with Crippen LogP contribution in [0.2, 0.25) is 0 Å². The fourth-order valence-electron chi connectivity index (χ4n) is 1.74. The van der Waals surface area contributed by atoms with Gasteiger partial charge in [-0.2, -0.15) is 23.1 Å². The summed E-state index contributed by atoms with van der Waals surface area (Å²) in [6, 6.07) is 4.45. The molecule has 0 bridgehead atoms. The third-order valence-electron chi connectivity index (χ3n) is 2.65. The Morgan fingerprint density at radius 3 is 2.76 bits per heavy atom. The fourth-order valence-corrected chi connectivity index (χ4v) is 1.74. The molecule has 0 saturated heterocycles. The van der Waals surface area contributed by atoms with E-state index in [0.29, 0.717) is 5.52 Å². The van der Waals surface area contributed by atoms with Crippen LogP contribution in [0.3, 0.4) is 0 Å². The molecule has 3 rings (SSSR count). The maximum atomic E-state index is 12.7. The summed E-state index contributed by atoms with van der Waals surface area (Å²) in [6.07, 6.45) is -3.09. The maximum Gasteiger partial charge on any atom is 0.416 e. The Balaban J connectivity index is 2.01. The van der Waals surface area contributed by atoms with E-state index >= 15 is 0 Å². The SMILES string of the molecule is Nc1nc(Oc2cccc(C(F)(F)F)c2)c2[nH]cnc2n1. The van der Waals surface area contributed by atoms with Crippen LogP contribution in [0.15, 0.2) is 30.6 Å². The molecule has 0 aliphatic rings. The molecule has 21 heavy (non-hydrogen) atoms. The first kappa shape index (κ1) is 13.2. The van der Waals surface area contributed by atoms with Gasteiger partial charge in [-0.3, -0.25) is 0 Å². The molecule has 108 valence electrons. The van der Waals surface area contributed by atoms with E-state index in [1.165, 1.54) is 18.5 Å². The van der Waals surface area contributed by atoms with E-state index in [-0.39, 0.29) is 23.2 Å². The number of ether oxygens (including phenoxy) is 1. The van der Waals surface area contributed by atoms with Crippen LogP contribution in [0.4, 0.5) is 19.1 Å². The van der Waals surface area contributed by atoms with Crippen LogP contribution in [0.5, 0.6) is 11.6 Å². The number of nitrogens with two attached hydrogens (primary N) is 1. The lowest BCUT2D eigenvalue weighted by molar-refractivity contribution is -0.137. The summed E-state index contributed by atoms with van der Waals surface area (Å²) in [7, 11) is 0. The van der Waals surface area contributed by atoms with Crippen molar-refractivity contribution in [3.8, 4) is 11.6 Å². The number of fused-ring (bicyclic) bond motifs is 1. The normalized spacial score (nSPS) is 11.8. The van der Waals surface area contributed by atoms with Crippen molar-refractivity contribution in [2.24, 2.45) is 0 Å². The van der Waals surface area contributed by atoms with Gasteiger partial charge in [0.05, 0.1) is 11.9 Å². The Kier molecular flexibility index (Phi) is 2.89. The second-order valence-electron chi connectivity index (χ2n) is 4.12. The highest BCUT2D eigenvalue weighted by atomic mass is 19.4. The molecule has 6 nitrogen and oxygen atoms in total. The van der Waals surface area contributed by atoms with Gasteiger partial charge in [-0.25, -0.2) is 4.98 Å². The van der Waals surface area contributed by atoms with Crippen LogP contribution in [0, 0.1) is 0 Å². The smallest absolute Gasteiger partial charge is 0.416 e. The molecule has 2 aromatic heterocycles. The number of halogens is 3. The molecule has 0 atom stereocenters. The zero-order valence-corrected chi connectivity index (χ0v) is 10.3. The van der Waals surface area contributed by atoms with Crippen molar-refractivity contribution in [3.05, 3.63) is 36.2 Å². The van der Waals surface area contributed by atoms with Crippen LogP contribution in [0.25, 0.3) is 11.2 Å². The highest BCUT2D eigenvalue weighted by Gasteiger charge is 2.30. The van der Waals surface area contributed by atoms with Crippen molar-refractivity contribution in [3.63, 3.8) is 0 Å². The highest BCUT2D eigenvalue weighted by Crippen LogP contribution is 2.33. The molecule has 0 unspecified atom stereocenters. The summed E-state index contributed by atoms with van der Waals surface area (Å²) in [5.41, 5.74) is 5.30. The predicted octanol–water partition coefficient (Wildman–Crippen LogP) is 2.75. The molecule has 0 aliphatic heterocycles. The first-order valence-electron chi connectivity index (χ1n) is 5.75. The van der Waals surface area contributed by atoms with Crippen molar-refractivity contribution < 1.29 is 17.9 Å². The number of nitrogens with zero attached hydrogens (tertiary/aromatic N) is 3. The lowest BCUT2D eigenvalue weighted by atomic mass is 10.2. The second-order valence-corrected chi connectivity index (χ2v) is 4.12. The van der Waals surface area contributed by atoms with Crippen molar-refractivity contribution in [1.29, 1.82) is 0 Å². The molecule has 0 fully saturated rings. The Hall–Kier alpha value is -2.84. The minimum atomic E-state index is -4.45. The van der Waals surface area contributed by atoms with Crippen molar-refractivity contribution >= 4 is 17.1 Å². The van der Waals surface area contributed by atoms with Crippen molar-refractivity contribution in [1.82, 2.24) is 19.9 Å².